The fraction of sp³-hybridized carbons (Fsp3) is 0.750. The first-order valence-corrected chi connectivity index (χ1v) is 4.06. The van der Waals surface area contributed by atoms with Gasteiger partial charge in [0.25, 0.3) is 10.1 Å². The fourth-order valence-electron chi connectivity index (χ4n) is 0.497. The molecule has 0 aliphatic heterocycles. The second-order valence-electron chi connectivity index (χ2n) is 1.85. The molecule has 0 amide bonds. The second-order valence-corrected chi connectivity index (χ2v) is 3.45. The molecular formula is C4H9NO4S. The Hall–Kier alpha value is -0.460. The van der Waals surface area contributed by atoms with Crippen molar-refractivity contribution >= 4 is 15.9 Å². The van der Waals surface area contributed by atoms with Crippen LogP contribution in [0.3, 0.4) is 0 Å². The highest BCUT2D eigenvalue weighted by molar-refractivity contribution is 7.87. The van der Waals surface area contributed by atoms with Gasteiger partial charge in [0.1, 0.15) is 0 Å². The Balaban J connectivity index is 4.55. The third kappa shape index (κ3) is 2.42. The second kappa shape index (κ2) is 3.09. The molecule has 0 aliphatic carbocycles. The van der Waals surface area contributed by atoms with Gasteiger partial charge < -0.3 is 5.73 Å². The average Bonchev–Trinajstić information content (AvgIpc) is 1.60. The van der Waals surface area contributed by atoms with Gasteiger partial charge in [-0.3, -0.25) is 9.35 Å². The Morgan fingerprint density at radius 3 is 2.10 bits per heavy atom. The lowest BCUT2D eigenvalue weighted by Gasteiger charge is -2.04. The number of hydrogen-bond acceptors (Lipinski definition) is 4. The summed E-state index contributed by atoms with van der Waals surface area (Å²) < 4.78 is 28.8. The van der Waals surface area contributed by atoms with E-state index in [4.69, 9.17) is 10.3 Å². The van der Waals surface area contributed by atoms with E-state index in [0.717, 1.165) is 6.92 Å². The molecule has 0 bridgehead atoms. The lowest BCUT2D eigenvalue weighted by molar-refractivity contribution is -0.116. The molecule has 0 saturated heterocycles. The Bertz CT molecular complexity index is 219. The molecule has 0 heterocycles. The summed E-state index contributed by atoms with van der Waals surface area (Å²) in [6.45, 7) is 0.680. The highest BCUT2D eigenvalue weighted by Gasteiger charge is 2.25. The Morgan fingerprint density at radius 1 is 1.70 bits per heavy atom. The van der Waals surface area contributed by atoms with E-state index in [0.29, 0.717) is 0 Å². The number of rotatable bonds is 3. The smallest absolute Gasteiger partial charge is 0.276 e. The quantitative estimate of drug-likeness (QED) is 0.514. The van der Waals surface area contributed by atoms with E-state index >= 15 is 0 Å². The Kier molecular flexibility index (Phi) is 2.95. The van der Waals surface area contributed by atoms with E-state index < -0.39 is 21.2 Å². The van der Waals surface area contributed by atoms with Crippen molar-refractivity contribution in [2.75, 3.05) is 6.54 Å². The topological polar surface area (TPSA) is 97.5 Å². The van der Waals surface area contributed by atoms with Gasteiger partial charge >= 0.3 is 0 Å². The zero-order chi connectivity index (χ0) is 8.36. The minimum Gasteiger partial charge on any atom is -0.329 e. The summed E-state index contributed by atoms with van der Waals surface area (Å²) in [5.74, 6) is -0.648. The highest BCUT2D eigenvalue weighted by atomic mass is 32.2. The molecular weight excluding hydrogens is 158 g/mol. The lowest BCUT2D eigenvalue weighted by Crippen LogP contribution is -2.35. The summed E-state index contributed by atoms with van der Waals surface area (Å²) in [5, 5.41) is -1.47. The first-order valence-electron chi connectivity index (χ1n) is 2.56. The summed E-state index contributed by atoms with van der Waals surface area (Å²) >= 11 is 0. The molecule has 6 heteroatoms. The number of ketones is 1. The van der Waals surface area contributed by atoms with Crippen molar-refractivity contribution in [1.29, 1.82) is 0 Å². The molecule has 3 N–H and O–H groups in total. The Morgan fingerprint density at radius 2 is 2.10 bits per heavy atom. The molecule has 0 aromatic carbocycles. The van der Waals surface area contributed by atoms with Gasteiger partial charge in [0.2, 0.25) is 0 Å². The van der Waals surface area contributed by atoms with Crippen molar-refractivity contribution in [2.45, 2.75) is 12.2 Å². The summed E-state index contributed by atoms with van der Waals surface area (Å²) in [6.07, 6.45) is 0. The van der Waals surface area contributed by atoms with Crippen molar-refractivity contribution in [3.63, 3.8) is 0 Å². The van der Waals surface area contributed by atoms with Crippen LogP contribution >= 0.6 is 0 Å². The van der Waals surface area contributed by atoms with Crippen LogP contribution in [0.25, 0.3) is 0 Å². The lowest BCUT2D eigenvalue weighted by atomic mass is 10.3. The molecule has 60 valence electrons. The predicted octanol–water partition coefficient (Wildman–Crippen LogP) is -1.21. The van der Waals surface area contributed by atoms with Crippen LogP contribution < -0.4 is 5.73 Å². The van der Waals surface area contributed by atoms with E-state index in [2.05, 4.69) is 0 Å². The van der Waals surface area contributed by atoms with Gasteiger partial charge in [-0.25, -0.2) is 0 Å². The highest BCUT2D eigenvalue weighted by Crippen LogP contribution is 1.96. The predicted molar refractivity (Wildman–Crippen MR) is 35.1 cm³/mol. The third-order valence-electron chi connectivity index (χ3n) is 1.03. The van der Waals surface area contributed by atoms with Gasteiger partial charge in [-0.15, -0.1) is 0 Å². The van der Waals surface area contributed by atoms with Gasteiger partial charge in [-0.05, 0) is 6.92 Å². The fourth-order valence-corrected chi connectivity index (χ4v) is 1.16. The number of nitrogens with two attached hydrogens (primary N) is 1. The van der Waals surface area contributed by atoms with Crippen LogP contribution in [-0.2, 0) is 14.9 Å². The summed E-state index contributed by atoms with van der Waals surface area (Å²) in [4.78, 5) is 10.4. The average molecular weight is 167 g/mol. The minimum atomic E-state index is -4.29. The molecule has 5 nitrogen and oxygen atoms in total. The summed E-state index contributed by atoms with van der Waals surface area (Å²) in [7, 11) is -4.29. The molecule has 0 aromatic rings. The number of carbonyl (C=O) groups excluding carboxylic acids is 1. The molecule has 0 aromatic heterocycles. The monoisotopic (exact) mass is 167 g/mol. The van der Waals surface area contributed by atoms with Crippen LogP contribution in [-0.4, -0.2) is 30.5 Å². The third-order valence-corrected chi connectivity index (χ3v) is 2.27. The van der Waals surface area contributed by atoms with Crippen LogP contribution in [0.2, 0.25) is 0 Å². The van der Waals surface area contributed by atoms with Crippen LogP contribution in [0.5, 0.6) is 0 Å². The van der Waals surface area contributed by atoms with Crippen molar-refractivity contribution in [2.24, 2.45) is 5.73 Å². The maximum Gasteiger partial charge on any atom is 0.276 e. The first kappa shape index (κ1) is 9.54. The van der Waals surface area contributed by atoms with E-state index in [1.807, 2.05) is 0 Å². The SMILES string of the molecule is CC(=O)C(CN)S(=O)(=O)O. The van der Waals surface area contributed by atoms with Crippen LogP contribution in [0, 0.1) is 0 Å². The van der Waals surface area contributed by atoms with Crippen molar-refractivity contribution < 1.29 is 17.8 Å². The van der Waals surface area contributed by atoms with E-state index in [-0.39, 0.29) is 6.54 Å². The van der Waals surface area contributed by atoms with Crippen LogP contribution in [0.1, 0.15) is 6.92 Å². The molecule has 0 fully saturated rings. The molecule has 0 radical (unpaired) electrons. The maximum atomic E-state index is 10.4. The number of carbonyl (C=O) groups is 1. The zero-order valence-corrected chi connectivity index (χ0v) is 6.26. The van der Waals surface area contributed by atoms with Crippen molar-refractivity contribution in [3.8, 4) is 0 Å². The van der Waals surface area contributed by atoms with Gasteiger partial charge in [-0.1, -0.05) is 0 Å². The summed E-state index contributed by atoms with van der Waals surface area (Å²) in [5.41, 5.74) is 4.90. The molecule has 0 spiro atoms. The summed E-state index contributed by atoms with van der Waals surface area (Å²) in [6, 6.07) is 0. The first-order chi connectivity index (χ1) is 4.39. The zero-order valence-electron chi connectivity index (χ0n) is 5.44. The Labute approximate surface area is 59.0 Å². The molecule has 10 heavy (non-hydrogen) atoms. The molecule has 0 saturated carbocycles. The van der Waals surface area contributed by atoms with Gasteiger partial charge in [0.05, 0.1) is 0 Å². The van der Waals surface area contributed by atoms with Gasteiger partial charge in [-0.2, -0.15) is 8.42 Å². The minimum absolute atomic E-state index is 0.381. The maximum absolute atomic E-state index is 10.4. The van der Waals surface area contributed by atoms with Crippen molar-refractivity contribution in [1.82, 2.24) is 0 Å². The van der Waals surface area contributed by atoms with Gasteiger partial charge in [0.15, 0.2) is 11.0 Å². The molecule has 1 atom stereocenters. The molecule has 1 unspecified atom stereocenters. The van der Waals surface area contributed by atoms with E-state index in [1.54, 1.807) is 0 Å². The number of hydrogen-bond donors (Lipinski definition) is 2. The van der Waals surface area contributed by atoms with E-state index in [9.17, 15) is 13.2 Å². The molecule has 0 aliphatic rings. The van der Waals surface area contributed by atoms with Crippen molar-refractivity contribution in [3.05, 3.63) is 0 Å². The normalized spacial score (nSPS) is 14.7. The standard InChI is InChI=1S/C4H9NO4S/c1-3(6)4(2-5)10(7,8)9/h4H,2,5H2,1H3,(H,7,8,9). The van der Waals surface area contributed by atoms with Crippen LogP contribution in [0.4, 0.5) is 0 Å². The number of Topliss-reactive ketones (excluding diaryl/α,β-unsaturated/α-hetero) is 1. The van der Waals surface area contributed by atoms with Gasteiger partial charge in [0, 0.05) is 6.54 Å². The van der Waals surface area contributed by atoms with E-state index in [1.165, 1.54) is 0 Å². The largest absolute Gasteiger partial charge is 0.329 e. The molecule has 0 rings (SSSR count). The van der Waals surface area contributed by atoms with Crippen LogP contribution in [0.15, 0.2) is 0 Å².